The number of hydrogen-bond donors (Lipinski definition) is 0. The molecule has 0 radical (unpaired) electrons. The summed E-state index contributed by atoms with van der Waals surface area (Å²) < 4.78 is 36.6. The number of nitrogens with zero attached hydrogens (tertiary/aromatic N) is 4. The Balaban J connectivity index is 1.59. The van der Waals surface area contributed by atoms with Crippen LogP contribution in [0.5, 0.6) is 0 Å². The van der Waals surface area contributed by atoms with Gasteiger partial charge < -0.3 is 14.5 Å². The van der Waals surface area contributed by atoms with Crippen LogP contribution in [-0.4, -0.2) is 64.5 Å². The monoisotopic (exact) mass is 580 g/mol. The minimum atomic E-state index is -0.636. The number of carbonyl (C=O) groups is 1. The summed E-state index contributed by atoms with van der Waals surface area (Å²) in [4.78, 5) is 35.8. The molecule has 3 aromatic rings. The van der Waals surface area contributed by atoms with E-state index in [4.69, 9.17) is 4.74 Å². The number of piperazine rings is 1. The summed E-state index contributed by atoms with van der Waals surface area (Å²) in [6.07, 6.45) is 2.96. The summed E-state index contributed by atoms with van der Waals surface area (Å²) in [6.45, 7) is 12.3. The van der Waals surface area contributed by atoms with Crippen molar-refractivity contribution < 1.29 is 18.3 Å². The molecule has 2 fully saturated rings. The molecule has 0 unspecified atom stereocenters. The molecule has 10 heteroatoms. The highest BCUT2D eigenvalue weighted by Gasteiger charge is 2.39. The number of anilines is 1. The molecule has 216 valence electrons. The van der Waals surface area contributed by atoms with Crippen molar-refractivity contribution in [3.05, 3.63) is 64.6 Å². The van der Waals surface area contributed by atoms with Gasteiger partial charge in [-0.25, -0.2) is 13.6 Å². The van der Waals surface area contributed by atoms with Crippen LogP contribution in [0.4, 0.5) is 14.6 Å². The highest BCUT2D eigenvalue weighted by Crippen LogP contribution is 2.49. The van der Waals surface area contributed by atoms with Crippen LogP contribution in [0.15, 0.2) is 46.6 Å². The lowest BCUT2D eigenvalue weighted by molar-refractivity contribution is -0.128. The second-order valence-corrected chi connectivity index (χ2v) is 12.7. The van der Waals surface area contributed by atoms with Crippen LogP contribution in [-0.2, 0) is 16.1 Å². The fourth-order valence-electron chi connectivity index (χ4n) is 6.61. The third-order valence-electron chi connectivity index (χ3n) is 8.88. The number of ether oxygens (including phenoxy) is 1. The van der Waals surface area contributed by atoms with Gasteiger partial charge in [-0.2, -0.15) is 4.98 Å². The van der Waals surface area contributed by atoms with Crippen LogP contribution in [0.2, 0.25) is 0 Å². The molecule has 1 spiro atoms. The van der Waals surface area contributed by atoms with Gasteiger partial charge in [-0.05, 0) is 63.5 Å². The number of aromatic nitrogens is 2. The van der Waals surface area contributed by atoms with E-state index in [1.165, 1.54) is 18.2 Å². The van der Waals surface area contributed by atoms with Gasteiger partial charge in [0.1, 0.15) is 17.5 Å². The van der Waals surface area contributed by atoms with Gasteiger partial charge in [0.15, 0.2) is 0 Å². The first-order valence-corrected chi connectivity index (χ1v) is 15.0. The first-order valence-electron chi connectivity index (χ1n) is 14.1. The zero-order valence-electron chi connectivity index (χ0n) is 23.6. The zero-order valence-corrected chi connectivity index (χ0v) is 24.4. The molecule has 3 aliphatic rings. The number of amides is 1. The molecule has 0 bridgehead atoms. The van der Waals surface area contributed by atoms with Crippen molar-refractivity contribution in [1.29, 1.82) is 0 Å². The van der Waals surface area contributed by atoms with Crippen LogP contribution in [0.25, 0.3) is 22.0 Å². The number of rotatable bonds is 3. The van der Waals surface area contributed by atoms with Gasteiger partial charge in [-0.1, -0.05) is 6.58 Å². The molecular weight excluding hydrogens is 546 g/mol. The molecule has 2 atom stereocenters. The predicted octanol–water partition coefficient (Wildman–Crippen LogP) is 5.16. The van der Waals surface area contributed by atoms with Gasteiger partial charge in [0, 0.05) is 83.6 Å². The maximum Gasteiger partial charge on any atom is 0.350 e. The summed E-state index contributed by atoms with van der Waals surface area (Å²) >= 11 is 1.64. The van der Waals surface area contributed by atoms with Gasteiger partial charge in [0.25, 0.3) is 0 Å². The van der Waals surface area contributed by atoms with Crippen molar-refractivity contribution in [3.63, 3.8) is 0 Å². The van der Waals surface area contributed by atoms with Gasteiger partial charge in [0.05, 0.1) is 5.52 Å². The number of halogens is 2. The maximum absolute atomic E-state index is 15.3. The Kier molecular flexibility index (Phi) is 7.18. The van der Waals surface area contributed by atoms with Crippen molar-refractivity contribution in [2.75, 3.05) is 37.0 Å². The van der Waals surface area contributed by atoms with Crippen LogP contribution in [0.1, 0.15) is 32.3 Å². The van der Waals surface area contributed by atoms with E-state index in [0.717, 1.165) is 46.0 Å². The Hall–Kier alpha value is -3.24. The van der Waals surface area contributed by atoms with Crippen molar-refractivity contribution in [3.8, 4) is 11.1 Å². The topological polar surface area (TPSA) is 67.7 Å². The molecule has 2 saturated heterocycles. The van der Waals surface area contributed by atoms with Crippen LogP contribution in [0, 0.1) is 24.0 Å². The number of carbonyl (C=O) groups excluding carboxylic acids is 1. The average molecular weight is 581 g/mol. The fraction of sp³-hybridized carbons (Fsp3) is 0.452. The molecule has 1 amide bonds. The van der Waals surface area contributed by atoms with Crippen molar-refractivity contribution in [1.82, 2.24) is 14.5 Å². The number of hydrogen-bond acceptors (Lipinski definition) is 6. The van der Waals surface area contributed by atoms with Crippen molar-refractivity contribution >= 4 is 34.4 Å². The van der Waals surface area contributed by atoms with Crippen molar-refractivity contribution in [2.24, 2.45) is 5.41 Å². The molecule has 0 aliphatic carbocycles. The summed E-state index contributed by atoms with van der Waals surface area (Å²) in [5, 5.41) is 0.822. The summed E-state index contributed by atoms with van der Waals surface area (Å²) in [5.41, 5.74) is 2.04. The van der Waals surface area contributed by atoms with Crippen LogP contribution >= 0.6 is 11.8 Å². The Morgan fingerprint density at radius 2 is 1.93 bits per heavy atom. The second-order valence-electron chi connectivity index (χ2n) is 11.7. The van der Waals surface area contributed by atoms with E-state index in [-0.39, 0.29) is 29.1 Å². The fourth-order valence-corrected chi connectivity index (χ4v) is 8.22. The van der Waals surface area contributed by atoms with Gasteiger partial charge in [-0.15, -0.1) is 11.8 Å². The molecule has 41 heavy (non-hydrogen) atoms. The molecule has 0 saturated carbocycles. The summed E-state index contributed by atoms with van der Waals surface area (Å²) in [6, 6.07) is 5.43. The smallest absolute Gasteiger partial charge is 0.350 e. The molecule has 0 N–H and O–H groups in total. The van der Waals surface area contributed by atoms with Crippen molar-refractivity contribution in [2.45, 2.75) is 57.1 Å². The number of benzene rings is 2. The number of aryl methyl sites for hydroxylation is 1. The molecule has 4 heterocycles. The normalized spacial score (nSPS) is 22.2. The summed E-state index contributed by atoms with van der Waals surface area (Å²) in [7, 11) is 0. The van der Waals surface area contributed by atoms with E-state index in [2.05, 4.69) is 16.5 Å². The van der Waals surface area contributed by atoms with Crippen LogP contribution < -0.4 is 10.6 Å². The minimum Gasteiger partial charge on any atom is -0.381 e. The third-order valence-corrected chi connectivity index (χ3v) is 10.3. The van der Waals surface area contributed by atoms with Gasteiger partial charge >= 0.3 is 5.69 Å². The number of thioether (sulfide) groups is 1. The average Bonchev–Trinajstić information content (AvgIpc) is 3.10. The maximum atomic E-state index is 15.3. The molecular formula is C31H34F2N4O3S. The molecule has 3 aliphatic heterocycles. The molecule has 2 aromatic carbocycles. The minimum absolute atomic E-state index is 0.0985. The SMILES string of the molecule is C=CC(=O)N1C[C@H](C)N(c2nc(=O)n3c4c(c(-c5ccc(F)cc5F)c(C)cc24)SCC2(CCOCC2)C3)C[C@H]1C. The van der Waals surface area contributed by atoms with E-state index in [1.54, 1.807) is 21.2 Å². The first kappa shape index (κ1) is 27.9. The largest absolute Gasteiger partial charge is 0.381 e. The first-order chi connectivity index (χ1) is 19.6. The second kappa shape index (κ2) is 10.5. The Morgan fingerprint density at radius 1 is 1.17 bits per heavy atom. The van der Waals surface area contributed by atoms with E-state index in [1.807, 2.05) is 26.8 Å². The lowest BCUT2D eigenvalue weighted by Gasteiger charge is -2.44. The lowest BCUT2D eigenvalue weighted by atomic mass is 9.82. The molecule has 6 rings (SSSR count). The van der Waals surface area contributed by atoms with Crippen LogP contribution in [0.3, 0.4) is 0 Å². The standard InChI is InChI=1S/C31H34F2N4O3S/c1-5-25(38)35-14-20(4)36(15-19(35)3)29-23-12-18(2)26(22-7-6-21(32)13-24(22)33)28-27(23)37(30(39)34-29)16-31(17-41-28)8-10-40-11-9-31/h5-7,12-13,19-20H,1,8-11,14-17H2,2-4H3/t19-,20+/m1/s1. The molecule has 1 aromatic heterocycles. The zero-order chi connectivity index (χ0) is 29.1. The predicted molar refractivity (Wildman–Crippen MR) is 157 cm³/mol. The Bertz CT molecular complexity index is 1620. The van der Waals surface area contributed by atoms with E-state index in [0.29, 0.717) is 49.8 Å². The van der Waals surface area contributed by atoms with E-state index < -0.39 is 11.6 Å². The molecule has 7 nitrogen and oxygen atoms in total. The quantitative estimate of drug-likeness (QED) is 0.399. The third kappa shape index (κ3) is 4.74. The lowest BCUT2D eigenvalue weighted by Crippen LogP contribution is -2.58. The highest BCUT2D eigenvalue weighted by molar-refractivity contribution is 7.99. The Morgan fingerprint density at radius 3 is 2.63 bits per heavy atom. The van der Waals surface area contributed by atoms with Gasteiger partial charge in [-0.3, -0.25) is 9.36 Å². The van der Waals surface area contributed by atoms with Gasteiger partial charge in [0.2, 0.25) is 5.91 Å². The van der Waals surface area contributed by atoms with E-state index in [9.17, 15) is 14.0 Å². The highest BCUT2D eigenvalue weighted by atomic mass is 32.2. The van der Waals surface area contributed by atoms with E-state index >= 15 is 4.39 Å². The summed E-state index contributed by atoms with van der Waals surface area (Å²) in [5.74, 6) is -0.0691. The Labute approximate surface area is 242 Å².